The molecule has 1 heterocycles. The highest BCUT2D eigenvalue weighted by atomic mass is 16.1. The fourth-order valence-corrected chi connectivity index (χ4v) is 1.68. The van der Waals surface area contributed by atoms with Gasteiger partial charge in [0.15, 0.2) is 0 Å². The molecule has 0 N–H and O–H groups in total. The Labute approximate surface area is 101 Å². The molecule has 3 heteroatoms. The van der Waals surface area contributed by atoms with Gasteiger partial charge in [-0.2, -0.15) is 0 Å². The molecule has 0 saturated heterocycles. The van der Waals surface area contributed by atoms with E-state index in [1.165, 1.54) is 11.8 Å². The van der Waals surface area contributed by atoms with Crippen molar-refractivity contribution in [3.63, 3.8) is 0 Å². The highest BCUT2D eigenvalue weighted by Crippen LogP contribution is 2.22. The van der Waals surface area contributed by atoms with Crippen LogP contribution < -0.4 is 5.56 Å². The Hall–Kier alpha value is -1.90. The van der Waals surface area contributed by atoms with Gasteiger partial charge in [0.1, 0.15) is 0 Å². The molecule has 0 unspecified atom stereocenters. The number of aromatic nitrogens is 2. The highest BCUT2D eigenvalue weighted by Gasteiger charge is 2.13. The van der Waals surface area contributed by atoms with E-state index in [1.54, 1.807) is 17.0 Å². The van der Waals surface area contributed by atoms with Crippen molar-refractivity contribution >= 4 is 0 Å². The molecule has 1 aromatic heterocycles. The van der Waals surface area contributed by atoms with Gasteiger partial charge < -0.3 is 0 Å². The van der Waals surface area contributed by atoms with Crippen molar-refractivity contribution in [2.45, 2.75) is 26.2 Å². The standard InChI is InChI=1S/C14H16N2O/c1-14(2,3)11-4-6-12(7-5-11)16-9-8-15-10-13(16)17/h4-10H,1-3H3. The van der Waals surface area contributed by atoms with Crippen LogP contribution in [0.5, 0.6) is 0 Å². The first-order valence-electron chi connectivity index (χ1n) is 5.62. The number of nitrogens with zero attached hydrogens (tertiary/aromatic N) is 2. The largest absolute Gasteiger partial charge is 0.281 e. The SMILES string of the molecule is CC(C)(C)c1ccc(-n2ccncc2=O)cc1. The van der Waals surface area contributed by atoms with Crippen LogP contribution in [0.1, 0.15) is 26.3 Å². The zero-order valence-electron chi connectivity index (χ0n) is 10.3. The van der Waals surface area contributed by atoms with E-state index in [-0.39, 0.29) is 11.0 Å². The first-order chi connectivity index (χ1) is 7.98. The Kier molecular flexibility index (Phi) is 2.84. The van der Waals surface area contributed by atoms with Crippen LogP contribution in [0, 0.1) is 0 Å². The van der Waals surface area contributed by atoms with Crippen molar-refractivity contribution in [2.24, 2.45) is 0 Å². The van der Waals surface area contributed by atoms with Crippen molar-refractivity contribution in [1.29, 1.82) is 0 Å². The maximum Gasteiger partial charge on any atom is 0.273 e. The summed E-state index contributed by atoms with van der Waals surface area (Å²) in [6.07, 6.45) is 4.60. The monoisotopic (exact) mass is 228 g/mol. The van der Waals surface area contributed by atoms with Crippen LogP contribution in [-0.2, 0) is 5.41 Å². The number of hydrogen-bond acceptors (Lipinski definition) is 2. The third-order valence-corrected chi connectivity index (χ3v) is 2.74. The fraction of sp³-hybridized carbons (Fsp3) is 0.286. The van der Waals surface area contributed by atoms with Gasteiger partial charge in [0.2, 0.25) is 0 Å². The third kappa shape index (κ3) is 2.44. The van der Waals surface area contributed by atoms with E-state index < -0.39 is 0 Å². The fourth-order valence-electron chi connectivity index (χ4n) is 1.68. The predicted octanol–water partition coefficient (Wildman–Crippen LogP) is 2.53. The van der Waals surface area contributed by atoms with Crippen molar-refractivity contribution in [3.05, 3.63) is 58.8 Å². The van der Waals surface area contributed by atoms with Crippen molar-refractivity contribution < 1.29 is 0 Å². The average Bonchev–Trinajstić information content (AvgIpc) is 2.29. The van der Waals surface area contributed by atoms with Gasteiger partial charge in [-0.15, -0.1) is 0 Å². The molecular weight excluding hydrogens is 212 g/mol. The molecule has 0 bridgehead atoms. The summed E-state index contributed by atoms with van der Waals surface area (Å²) in [6, 6.07) is 8.04. The maximum absolute atomic E-state index is 11.6. The zero-order chi connectivity index (χ0) is 12.5. The van der Waals surface area contributed by atoms with Crippen molar-refractivity contribution in [1.82, 2.24) is 9.55 Å². The second-order valence-corrected chi connectivity index (χ2v) is 5.08. The van der Waals surface area contributed by atoms with Gasteiger partial charge in [-0.1, -0.05) is 32.9 Å². The molecular formula is C14H16N2O. The van der Waals surface area contributed by atoms with Crippen LogP contribution >= 0.6 is 0 Å². The summed E-state index contributed by atoms with van der Waals surface area (Å²) in [4.78, 5) is 15.4. The summed E-state index contributed by atoms with van der Waals surface area (Å²) in [6.45, 7) is 6.50. The molecule has 0 spiro atoms. The minimum Gasteiger partial charge on any atom is -0.281 e. The number of rotatable bonds is 1. The van der Waals surface area contributed by atoms with Gasteiger partial charge in [-0.3, -0.25) is 14.3 Å². The van der Waals surface area contributed by atoms with Crippen LogP contribution in [-0.4, -0.2) is 9.55 Å². The third-order valence-electron chi connectivity index (χ3n) is 2.74. The molecule has 0 aliphatic carbocycles. The topological polar surface area (TPSA) is 34.9 Å². The van der Waals surface area contributed by atoms with E-state index in [0.29, 0.717) is 0 Å². The molecule has 3 nitrogen and oxygen atoms in total. The van der Waals surface area contributed by atoms with Gasteiger partial charge >= 0.3 is 0 Å². The molecule has 2 rings (SSSR count). The van der Waals surface area contributed by atoms with Crippen LogP contribution in [0.25, 0.3) is 5.69 Å². The van der Waals surface area contributed by atoms with Gasteiger partial charge in [0, 0.05) is 18.1 Å². The van der Waals surface area contributed by atoms with Gasteiger partial charge in [-0.05, 0) is 23.1 Å². The predicted molar refractivity (Wildman–Crippen MR) is 68.5 cm³/mol. The molecule has 88 valence electrons. The Morgan fingerprint density at radius 2 is 1.76 bits per heavy atom. The lowest BCUT2D eigenvalue weighted by atomic mass is 9.87. The van der Waals surface area contributed by atoms with E-state index in [1.807, 2.05) is 12.1 Å². The zero-order valence-corrected chi connectivity index (χ0v) is 10.3. The Bertz CT molecular complexity index is 562. The van der Waals surface area contributed by atoms with E-state index >= 15 is 0 Å². The van der Waals surface area contributed by atoms with Crippen molar-refractivity contribution in [2.75, 3.05) is 0 Å². The Morgan fingerprint density at radius 1 is 1.12 bits per heavy atom. The van der Waals surface area contributed by atoms with Crippen LogP contribution in [0.4, 0.5) is 0 Å². The summed E-state index contributed by atoms with van der Waals surface area (Å²) in [5.74, 6) is 0. The molecule has 0 aliphatic heterocycles. The highest BCUT2D eigenvalue weighted by molar-refractivity contribution is 5.36. The lowest BCUT2D eigenvalue weighted by molar-refractivity contribution is 0.590. The van der Waals surface area contributed by atoms with Crippen LogP contribution in [0.2, 0.25) is 0 Å². The summed E-state index contributed by atoms with van der Waals surface area (Å²) in [7, 11) is 0. The molecule has 0 saturated carbocycles. The summed E-state index contributed by atoms with van der Waals surface area (Å²) >= 11 is 0. The minimum absolute atomic E-state index is 0.115. The Morgan fingerprint density at radius 3 is 2.29 bits per heavy atom. The lowest BCUT2D eigenvalue weighted by Crippen LogP contribution is -2.17. The maximum atomic E-state index is 11.6. The van der Waals surface area contributed by atoms with E-state index in [4.69, 9.17) is 0 Å². The van der Waals surface area contributed by atoms with E-state index in [2.05, 4.69) is 37.9 Å². The molecule has 0 fully saturated rings. The first kappa shape index (κ1) is 11.6. The smallest absolute Gasteiger partial charge is 0.273 e. The second kappa shape index (κ2) is 4.17. The molecule has 0 radical (unpaired) electrons. The van der Waals surface area contributed by atoms with E-state index in [9.17, 15) is 4.79 Å². The van der Waals surface area contributed by atoms with E-state index in [0.717, 1.165) is 5.69 Å². The second-order valence-electron chi connectivity index (χ2n) is 5.08. The Balaban J connectivity index is 2.44. The van der Waals surface area contributed by atoms with Gasteiger partial charge in [0.25, 0.3) is 5.56 Å². The average molecular weight is 228 g/mol. The first-order valence-corrected chi connectivity index (χ1v) is 5.62. The van der Waals surface area contributed by atoms with Crippen LogP contribution in [0.15, 0.2) is 47.7 Å². The molecule has 17 heavy (non-hydrogen) atoms. The van der Waals surface area contributed by atoms with Gasteiger partial charge in [0.05, 0.1) is 6.20 Å². The summed E-state index contributed by atoms with van der Waals surface area (Å²) in [5.41, 5.74) is 2.13. The molecule has 0 atom stereocenters. The lowest BCUT2D eigenvalue weighted by Gasteiger charge is -2.19. The quantitative estimate of drug-likeness (QED) is 0.751. The normalized spacial score (nSPS) is 11.5. The van der Waals surface area contributed by atoms with Gasteiger partial charge in [-0.25, -0.2) is 0 Å². The number of benzene rings is 1. The summed E-state index contributed by atoms with van der Waals surface area (Å²) < 4.78 is 1.58. The minimum atomic E-state index is -0.115. The van der Waals surface area contributed by atoms with Crippen molar-refractivity contribution in [3.8, 4) is 5.69 Å². The molecule has 0 amide bonds. The number of hydrogen-bond donors (Lipinski definition) is 0. The van der Waals surface area contributed by atoms with Crippen LogP contribution in [0.3, 0.4) is 0 Å². The molecule has 1 aromatic carbocycles. The summed E-state index contributed by atoms with van der Waals surface area (Å²) in [5, 5.41) is 0. The molecule has 0 aliphatic rings. The molecule has 2 aromatic rings.